The van der Waals surface area contributed by atoms with Crippen LogP contribution in [0.15, 0.2) is 53.1 Å². The van der Waals surface area contributed by atoms with E-state index < -0.39 is 18.2 Å². The van der Waals surface area contributed by atoms with E-state index in [0.29, 0.717) is 18.1 Å². The molecule has 1 amide bonds. The average Bonchev–Trinajstić information content (AvgIpc) is 3.45. The number of methoxy groups -OCH3 is 1. The van der Waals surface area contributed by atoms with Crippen LogP contribution in [0, 0.1) is 5.92 Å². The average molecular weight is 410 g/mol. The van der Waals surface area contributed by atoms with E-state index in [1.807, 2.05) is 42.5 Å². The summed E-state index contributed by atoms with van der Waals surface area (Å²) in [7, 11) is 1.58. The second-order valence-electron chi connectivity index (χ2n) is 7.63. The Kier molecular flexibility index (Phi) is 6.42. The molecule has 0 spiro atoms. The van der Waals surface area contributed by atoms with Crippen molar-refractivity contribution in [3.63, 3.8) is 0 Å². The second-order valence-corrected chi connectivity index (χ2v) is 7.63. The fourth-order valence-electron chi connectivity index (χ4n) is 3.81. The van der Waals surface area contributed by atoms with Gasteiger partial charge in [0.2, 0.25) is 0 Å². The molecule has 1 aliphatic rings. The highest BCUT2D eigenvalue weighted by atomic mass is 16.5. The zero-order valence-corrected chi connectivity index (χ0v) is 16.9. The molecule has 0 saturated carbocycles. The van der Waals surface area contributed by atoms with Gasteiger partial charge < -0.3 is 24.4 Å². The van der Waals surface area contributed by atoms with Gasteiger partial charge in [-0.15, -0.1) is 0 Å². The van der Waals surface area contributed by atoms with E-state index in [2.05, 4.69) is 10.5 Å². The summed E-state index contributed by atoms with van der Waals surface area (Å²) in [5.74, 6) is 0.392. The molecule has 1 aromatic heterocycles. The van der Waals surface area contributed by atoms with Gasteiger partial charge in [-0.2, -0.15) is 0 Å². The third-order valence-corrected chi connectivity index (χ3v) is 5.50. The second kappa shape index (κ2) is 9.38. The summed E-state index contributed by atoms with van der Waals surface area (Å²) in [5.41, 5.74) is 1.01. The first kappa shape index (κ1) is 20.5. The van der Waals surface area contributed by atoms with Gasteiger partial charge in [0.15, 0.2) is 11.5 Å². The van der Waals surface area contributed by atoms with Gasteiger partial charge in [-0.25, -0.2) is 0 Å². The molecule has 7 heteroatoms. The molecule has 2 N–H and O–H groups in total. The maximum absolute atomic E-state index is 12.4. The van der Waals surface area contributed by atoms with E-state index in [1.54, 1.807) is 13.2 Å². The number of hydrogen-bond donors (Lipinski definition) is 2. The van der Waals surface area contributed by atoms with Crippen LogP contribution in [0.25, 0.3) is 10.8 Å². The topological polar surface area (TPSA) is 93.8 Å². The minimum atomic E-state index is -0.933. The number of nitrogens with zero attached hydrogens (tertiary/aromatic N) is 1. The van der Waals surface area contributed by atoms with Crippen LogP contribution in [-0.4, -0.2) is 42.7 Å². The van der Waals surface area contributed by atoms with Gasteiger partial charge in [0.25, 0.3) is 5.91 Å². The van der Waals surface area contributed by atoms with Crippen LogP contribution in [0.3, 0.4) is 0 Å². The van der Waals surface area contributed by atoms with Gasteiger partial charge in [0.1, 0.15) is 12.3 Å². The summed E-state index contributed by atoms with van der Waals surface area (Å²) in [6.07, 6.45) is 0.857. The molecule has 158 valence electrons. The number of nitrogens with one attached hydrogen (secondary N) is 1. The maximum atomic E-state index is 12.4. The zero-order chi connectivity index (χ0) is 20.9. The number of carbonyl (C=O) groups excluding carboxylic acids is 1. The van der Waals surface area contributed by atoms with Gasteiger partial charge >= 0.3 is 0 Å². The van der Waals surface area contributed by atoms with Gasteiger partial charge in [-0.3, -0.25) is 4.79 Å². The summed E-state index contributed by atoms with van der Waals surface area (Å²) in [4.78, 5) is 12.4. The number of benzene rings is 2. The molecule has 2 heterocycles. The minimum Gasteiger partial charge on any atom is -0.381 e. The van der Waals surface area contributed by atoms with Crippen molar-refractivity contribution in [1.29, 1.82) is 0 Å². The third-order valence-electron chi connectivity index (χ3n) is 5.50. The van der Waals surface area contributed by atoms with Crippen molar-refractivity contribution in [1.82, 2.24) is 10.5 Å². The summed E-state index contributed by atoms with van der Waals surface area (Å²) < 4.78 is 16.3. The highest BCUT2D eigenvalue weighted by Crippen LogP contribution is 2.28. The van der Waals surface area contributed by atoms with Gasteiger partial charge in [-0.1, -0.05) is 41.6 Å². The molecule has 30 heavy (non-hydrogen) atoms. The Morgan fingerprint density at radius 2 is 2.10 bits per heavy atom. The number of ether oxygens (including phenoxy) is 2. The lowest BCUT2D eigenvalue weighted by atomic mass is 10.0. The highest BCUT2D eigenvalue weighted by Gasteiger charge is 2.23. The van der Waals surface area contributed by atoms with E-state index in [-0.39, 0.29) is 5.69 Å². The molecule has 7 nitrogen and oxygen atoms in total. The summed E-state index contributed by atoms with van der Waals surface area (Å²) in [6.45, 7) is 1.49. The Morgan fingerprint density at radius 3 is 2.87 bits per heavy atom. The van der Waals surface area contributed by atoms with Crippen LogP contribution < -0.4 is 5.32 Å². The first-order chi connectivity index (χ1) is 14.6. The highest BCUT2D eigenvalue weighted by molar-refractivity contribution is 5.92. The number of hydrogen-bond acceptors (Lipinski definition) is 6. The SMILES string of the molecule is COC(c1ccc2ccccc2c1)c1cc(C(=O)NC(O)CCC2CCOC2)no1. The molecule has 1 saturated heterocycles. The number of amides is 1. The zero-order valence-electron chi connectivity index (χ0n) is 16.9. The number of aliphatic hydroxyl groups excluding tert-OH is 1. The molecular formula is C23H26N2O5. The lowest BCUT2D eigenvalue weighted by Crippen LogP contribution is -2.35. The molecule has 3 aromatic rings. The van der Waals surface area contributed by atoms with Crippen molar-refractivity contribution in [2.45, 2.75) is 31.6 Å². The van der Waals surface area contributed by atoms with E-state index >= 15 is 0 Å². The van der Waals surface area contributed by atoms with Crippen LogP contribution in [0.5, 0.6) is 0 Å². The molecule has 4 rings (SSSR count). The molecule has 2 aromatic carbocycles. The van der Waals surface area contributed by atoms with Crippen molar-refractivity contribution >= 4 is 16.7 Å². The Balaban J connectivity index is 1.41. The standard InChI is InChI=1S/C23H26N2O5/c1-28-22(18-8-7-16-4-2-3-5-17(16)12-18)20-13-19(25-30-20)23(27)24-21(26)9-6-15-10-11-29-14-15/h2-5,7-8,12-13,15,21-22,26H,6,9-11,14H2,1H3,(H,24,27). The molecule has 3 atom stereocenters. The molecule has 3 unspecified atom stereocenters. The van der Waals surface area contributed by atoms with Crippen LogP contribution in [0.1, 0.15) is 47.2 Å². The quantitative estimate of drug-likeness (QED) is 0.553. The van der Waals surface area contributed by atoms with Gasteiger partial charge in [0.05, 0.1) is 0 Å². The summed E-state index contributed by atoms with van der Waals surface area (Å²) >= 11 is 0. The lowest BCUT2D eigenvalue weighted by Gasteiger charge is -2.14. The number of fused-ring (bicyclic) bond motifs is 1. The van der Waals surface area contributed by atoms with E-state index in [9.17, 15) is 9.90 Å². The Morgan fingerprint density at radius 1 is 1.27 bits per heavy atom. The number of aromatic nitrogens is 1. The van der Waals surface area contributed by atoms with E-state index in [4.69, 9.17) is 14.0 Å². The predicted octanol–water partition coefficient (Wildman–Crippen LogP) is 3.43. The van der Waals surface area contributed by atoms with Crippen LogP contribution >= 0.6 is 0 Å². The first-order valence-electron chi connectivity index (χ1n) is 10.2. The van der Waals surface area contributed by atoms with Crippen molar-refractivity contribution in [2.24, 2.45) is 5.92 Å². The van der Waals surface area contributed by atoms with Crippen molar-refractivity contribution < 1.29 is 23.9 Å². The Hall–Kier alpha value is -2.74. The summed E-state index contributed by atoms with van der Waals surface area (Å²) in [6, 6.07) is 15.6. The predicted molar refractivity (Wildman–Crippen MR) is 111 cm³/mol. The van der Waals surface area contributed by atoms with Gasteiger partial charge in [-0.05, 0) is 47.6 Å². The van der Waals surface area contributed by atoms with Crippen LogP contribution in [-0.2, 0) is 9.47 Å². The molecule has 1 fully saturated rings. The fraction of sp³-hybridized carbons (Fsp3) is 0.391. The van der Waals surface area contributed by atoms with Gasteiger partial charge in [0, 0.05) is 26.4 Å². The Bertz CT molecular complexity index is 996. The third kappa shape index (κ3) is 4.70. The summed E-state index contributed by atoms with van der Waals surface area (Å²) in [5, 5.41) is 18.8. The smallest absolute Gasteiger partial charge is 0.275 e. The molecule has 1 aliphatic heterocycles. The molecule has 0 aliphatic carbocycles. The Labute approximate surface area is 175 Å². The fourth-order valence-corrected chi connectivity index (χ4v) is 3.81. The maximum Gasteiger partial charge on any atom is 0.275 e. The first-order valence-corrected chi connectivity index (χ1v) is 10.2. The normalized spacial score (nSPS) is 18.4. The van der Waals surface area contributed by atoms with Crippen molar-refractivity contribution in [3.05, 3.63) is 65.5 Å². The van der Waals surface area contributed by atoms with Crippen molar-refractivity contribution in [2.75, 3.05) is 20.3 Å². The molecule has 0 radical (unpaired) electrons. The monoisotopic (exact) mass is 410 g/mol. The van der Waals surface area contributed by atoms with E-state index in [1.165, 1.54) is 0 Å². The lowest BCUT2D eigenvalue weighted by molar-refractivity contribution is 0.0734. The van der Waals surface area contributed by atoms with Crippen LogP contribution in [0.2, 0.25) is 0 Å². The number of aliphatic hydroxyl groups is 1. The van der Waals surface area contributed by atoms with Crippen molar-refractivity contribution in [3.8, 4) is 0 Å². The number of rotatable bonds is 8. The molecule has 0 bridgehead atoms. The molecular weight excluding hydrogens is 384 g/mol. The number of carbonyl (C=O) groups is 1. The minimum absolute atomic E-state index is 0.107. The van der Waals surface area contributed by atoms with Crippen LogP contribution in [0.4, 0.5) is 0 Å². The largest absolute Gasteiger partial charge is 0.381 e. The van der Waals surface area contributed by atoms with E-state index in [0.717, 1.165) is 42.4 Å².